The van der Waals surface area contributed by atoms with Crippen LogP contribution >= 0.6 is 0 Å². The largest absolute Gasteiger partial charge is 0.462 e. The van der Waals surface area contributed by atoms with Crippen LogP contribution in [0.1, 0.15) is 291 Å². The molecule has 0 radical (unpaired) electrons. The summed E-state index contributed by atoms with van der Waals surface area (Å²) in [7, 11) is 0. The van der Waals surface area contributed by atoms with E-state index in [9.17, 15) is 14.4 Å². The van der Waals surface area contributed by atoms with E-state index < -0.39 is 6.10 Å². The van der Waals surface area contributed by atoms with E-state index in [1.165, 1.54) is 186 Å². The van der Waals surface area contributed by atoms with Crippen molar-refractivity contribution in [2.24, 2.45) is 5.92 Å². The third-order valence-corrected chi connectivity index (χ3v) is 12.2. The lowest BCUT2D eigenvalue weighted by atomic mass is 9.99. The van der Waals surface area contributed by atoms with Crippen LogP contribution in [0.4, 0.5) is 0 Å². The van der Waals surface area contributed by atoms with Crippen molar-refractivity contribution in [3.63, 3.8) is 0 Å². The van der Waals surface area contributed by atoms with E-state index in [4.69, 9.17) is 14.2 Å². The normalized spacial score (nSPS) is 12.4. The summed E-state index contributed by atoms with van der Waals surface area (Å²) in [5.74, 6) is 0.0566. The van der Waals surface area contributed by atoms with Crippen LogP contribution in [0.3, 0.4) is 0 Å². The van der Waals surface area contributed by atoms with Gasteiger partial charge in [0, 0.05) is 19.3 Å². The molecule has 0 aromatic heterocycles. The quantitative estimate of drug-likeness (QED) is 0.0346. The Labute approximate surface area is 361 Å². The van der Waals surface area contributed by atoms with Gasteiger partial charge in [0.2, 0.25) is 0 Å². The van der Waals surface area contributed by atoms with Crippen LogP contribution in [0.25, 0.3) is 0 Å². The lowest BCUT2D eigenvalue weighted by Gasteiger charge is -2.18. The fraction of sp³-hybridized carbons (Fsp3) is 0.942. The first-order valence-electron chi connectivity index (χ1n) is 25.9. The second-order valence-corrected chi connectivity index (χ2v) is 18.1. The van der Waals surface area contributed by atoms with E-state index in [0.717, 1.165) is 63.7 Å². The minimum atomic E-state index is -0.758. The first kappa shape index (κ1) is 56.4. The van der Waals surface area contributed by atoms with Gasteiger partial charge >= 0.3 is 17.9 Å². The summed E-state index contributed by atoms with van der Waals surface area (Å²) < 4.78 is 16.7. The van der Waals surface area contributed by atoms with Crippen molar-refractivity contribution in [2.75, 3.05) is 13.2 Å². The second-order valence-electron chi connectivity index (χ2n) is 18.1. The highest BCUT2D eigenvalue weighted by Crippen LogP contribution is 2.18. The number of rotatable bonds is 47. The number of unbranched alkanes of at least 4 members (excludes halogenated alkanes) is 33. The summed E-state index contributed by atoms with van der Waals surface area (Å²) in [5.41, 5.74) is 0. The maximum Gasteiger partial charge on any atom is 0.306 e. The number of ether oxygens (including phenoxy) is 3. The lowest BCUT2D eigenvalue weighted by Crippen LogP contribution is -2.30. The minimum Gasteiger partial charge on any atom is -0.462 e. The third-order valence-electron chi connectivity index (χ3n) is 12.2. The molecule has 344 valence electrons. The zero-order valence-electron chi connectivity index (χ0n) is 39.5. The van der Waals surface area contributed by atoms with Crippen molar-refractivity contribution in [3.05, 3.63) is 0 Å². The van der Waals surface area contributed by atoms with Crippen LogP contribution in [0.5, 0.6) is 0 Å². The Bertz CT molecular complexity index is 874. The lowest BCUT2D eigenvalue weighted by molar-refractivity contribution is -0.167. The molecule has 58 heavy (non-hydrogen) atoms. The molecule has 0 aliphatic carbocycles. The summed E-state index contributed by atoms with van der Waals surface area (Å²) in [6.45, 7) is 9.03. The molecule has 0 bridgehead atoms. The molecule has 0 saturated heterocycles. The Morgan fingerprint density at radius 1 is 0.345 bits per heavy atom. The van der Waals surface area contributed by atoms with Gasteiger partial charge in [0.05, 0.1) is 0 Å². The summed E-state index contributed by atoms with van der Waals surface area (Å²) in [5, 5.41) is 0. The molecule has 0 amide bonds. The smallest absolute Gasteiger partial charge is 0.306 e. The molecule has 0 N–H and O–H groups in total. The van der Waals surface area contributed by atoms with Gasteiger partial charge in [0.15, 0.2) is 6.10 Å². The van der Waals surface area contributed by atoms with Gasteiger partial charge in [-0.2, -0.15) is 0 Å². The summed E-state index contributed by atoms with van der Waals surface area (Å²) >= 11 is 0. The number of esters is 3. The van der Waals surface area contributed by atoms with Gasteiger partial charge in [-0.3, -0.25) is 14.4 Å². The molecule has 0 fully saturated rings. The van der Waals surface area contributed by atoms with Crippen LogP contribution in [0, 0.1) is 5.92 Å². The highest BCUT2D eigenvalue weighted by atomic mass is 16.6. The van der Waals surface area contributed by atoms with E-state index in [-0.39, 0.29) is 31.1 Å². The molecule has 0 heterocycles. The van der Waals surface area contributed by atoms with Crippen molar-refractivity contribution in [2.45, 2.75) is 297 Å². The molecule has 6 heteroatoms. The Kier molecular flexibility index (Phi) is 45.2. The van der Waals surface area contributed by atoms with Gasteiger partial charge in [-0.1, -0.05) is 252 Å². The zero-order valence-corrected chi connectivity index (χ0v) is 39.5. The molecule has 0 aliphatic rings. The maximum absolute atomic E-state index is 12.7. The zero-order chi connectivity index (χ0) is 42.4. The van der Waals surface area contributed by atoms with E-state index in [2.05, 4.69) is 27.7 Å². The highest BCUT2D eigenvalue weighted by Gasteiger charge is 2.19. The van der Waals surface area contributed by atoms with E-state index >= 15 is 0 Å². The minimum absolute atomic E-state index is 0.0632. The van der Waals surface area contributed by atoms with Crippen LogP contribution in [-0.2, 0) is 28.6 Å². The molecule has 0 rings (SSSR count). The molecular formula is C52H100O6. The molecule has 1 unspecified atom stereocenters. The molecular weight excluding hydrogens is 721 g/mol. The van der Waals surface area contributed by atoms with Crippen LogP contribution in [0.15, 0.2) is 0 Å². The van der Waals surface area contributed by atoms with Crippen LogP contribution in [0.2, 0.25) is 0 Å². The fourth-order valence-corrected chi connectivity index (χ4v) is 7.83. The van der Waals surface area contributed by atoms with E-state index in [1.54, 1.807) is 0 Å². The van der Waals surface area contributed by atoms with Crippen LogP contribution < -0.4 is 0 Å². The predicted octanol–water partition coefficient (Wildman–Crippen LogP) is 16.7. The SMILES string of the molecule is CCCCCCCCCCCCCC(=O)O[C@H](COC(=O)CCCCCCCCC)COC(=O)CCCCCCCCCCCCCCCCCCCCC(C)CC. The molecule has 0 aromatic carbocycles. The average molecular weight is 821 g/mol. The number of hydrogen-bond acceptors (Lipinski definition) is 6. The van der Waals surface area contributed by atoms with Crippen molar-refractivity contribution in [1.82, 2.24) is 0 Å². The molecule has 6 nitrogen and oxygen atoms in total. The van der Waals surface area contributed by atoms with Crippen molar-refractivity contribution in [1.29, 1.82) is 0 Å². The highest BCUT2D eigenvalue weighted by molar-refractivity contribution is 5.71. The summed E-state index contributed by atoms with van der Waals surface area (Å²) in [6, 6.07) is 0. The summed E-state index contributed by atoms with van der Waals surface area (Å²) in [6.07, 6.45) is 48.2. The van der Waals surface area contributed by atoms with Gasteiger partial charge in [-0.05, 0) is 25.2 Å². The van der Waals surface area contributed by atoms with Gasteiger partial charge in [-0.25, -0.2) is 0 Å². The Balaban J connectivity index is 4.09. The standard InChI is InChI=1S/C52H100O6/c1-5-8-10-12-14-15-24-29-33-37-41-45-52(55)58-49(46-56-50(53)43-39-35-30-13-11-9-6-2)47-57-51(54)44-40-36-32-28-26-23-21-19-17-16-18-20-22-25-27-31-34-38-42-48(4)7-3/h48-49H,5-47H2,1-4H3/t48?,49-/m1/s1. The van der Waals surface area contributed by atoms with Gasteiger partial charge < -0.3 is 14.2 Å². The first-order valence-corrected chi connectivity index (χ1v) is 25.9. The summed E-state index contributed by atoms with van der Waals surface area (Å²) in [4.78, 5) is 37.7. The number of carbonyl (C=O) groups excluding carboxylic acids is 3. The predicted molar refractivity (Wildman–Crippen MR) is 247 cm³/mol. The van der Waals surface area contributed by atoms with Gasteiger partial charge in [-0.15, -0.1) is 0 Å². The maximum atomic E-state index is 12.7. The fourth-order valence-electron chi connectivity index (χ4n) is 7.83. The molecule has 0 spiro atoms. The van der Waals surface area contributed by atoms with Gasteiger partial charge in [0.25, 0.3) is 0 Å². The molecule has 0 saturated carbocycles. The third kappa shape index (κ3) is 44.0. The molecule has 0 aromatic rings. The van der Waals surface area contributed by atoms with Crippen molar-refractivity contribution >= 4 is 17.9 Å². The van der Waals surface area contributed by atoms with Gasteiger partial charge in [0.1, 0.15) is 13.2 Å². The second kappa shape index (κ2) is 46.5. The first-order chi connectivity index (χ1) is 28.4. The monoisotopic (exact) mass is 821 g/mol. The van der Waals surface area contributed by atoms with E-state index in [0.29, 0.717) is 19.3 Å². The Morgan fingerprint density at radius 2 is 0.603 bits per heavy atom. The Morgan fingerprint density at radius 3 is 0.897 bits per heavy atom. The Hall–Kier alpha value is -1.59. The van der Waals surface area contributed by atoms with E-state index in [1.807, 2.05) is 0 Å². The van der Waals surface area contributed by atoms with Crippen LogP contribution in [-0.4, -0.2) is 37.2 Å². The van der Waals surface area contributed by atoms with Crippen molar-refractivity contribution in [3.8, 4) is 0 Å². The molecule has 2 atom stereocenters. The molecule has 0 aliphatic heterocycles. The average Bonchev–Trinajstić information content (AvgIpc) is 3.22. The van der Waals surface area contributed by atoms with Crippen molar-refractivity contribution < 1.29 is 28.6 Å². The number of carbonyl (C=O) groups is 3. The topological polar surface area (TPSA) is 78.9 Å². The number of hydrogen-bond donors (Lipinski definition) is 0.